The minimum atomic E-state index is -1.00. The van der Waals surface area contributed by atoms with Crippen LogP contribution in [0.3, 0.4) is 0 Å². The highest BCUT2D eigenvalue weighted by Gasteiger charge is 2.32. The van der Waals surface area contributed by atoms with Gasteiger partial charge in [0.15, 0.2) is 6.10 Å². The molecule has 0 saturated heterocycles. The number of fused-ring (bicyclic) bond motifs is 1. The molecule has 2 aromatic carbocycles. The van der Waals surface area contributed by atoms with Gasteiger partial charge in [-0.2, -0.15) is 0 Å². The lowest BCUT2D eigenvalue weighted by molar-refractivity contribution is -0.125. The molecule has 23 heavy (non-hydrogen) atoms. The van der Waals surface area contributed by atoms with Gasteiger partial charge >= 0.3 is 5.97 Å². The Labute approximate surface area is 134 Å². The predicted molar refractivity (Wildman–Crippen MR) is 85.9 cm³/mol. The number of carboxylic acid groups (broad SMARTS) is 1. The lowest BCUT2D eigenvalue weighted by atomic mass is 10.1. The van der Waals surface area contributed by atoms with Crippen molar-refractivity contribution in [3.63, 3.8) is 0 Å². The highest BCUT2D eigenvalue weighted by Crippen LogP contribution is 2.36. The SMILES string of the molecule is Cc1ccc2c(c1)OC(C)C(=O)N2Cc1ccccc1C(=O)O. The number of rotatable bonds is 3. The lowest BCUT2D eigenvalue weighted by Gasteiger charge is -2.33. The van der Waals surface area contributed by atoms with Gasteiger partial charge in [-0.1, -0.05) is 24.3 Å². The fourth-order valence-corrected chi connectivity index (χ4v) is 2.72. The van der Waals surface area contributed by atoms with E-state index in [1.807, 2.05) is 25.1 Å². The van der Waals surface area contributed by atoms with Crippen molar-refractivity contribution in [3.8, 4) is 5.75 Å². The van der Waals surface area contributed by atoms with Crippen molar-refractivity contribution in [2.24, 2.45) is 0 Å². The van der Waals surface area contributed by atoms with Crippen molar-refractivity contribution in [3.05, 3.63) is 59.2 Å². The number of carbonyl (C=O) groups excluding carboxylic acids is 1. The molecule has 0 bridgehead atoms. The van der Waals surface area contributed by atoms with Gasteiger partial charge in [0, 0.05) is 0 Å². The molecule has 0 fully saturated rings. The van der Waals surface area contributed by atoms with Gasteiger partial charge in [0.2, 0.25) is 0 Å². The van der Waals surface area contributed by atoms with Gasteiger partial charge in [-0.3, -0.25) is 4.79 Å². The molecule has 2 aromatic rings. The van der Waals surface area contributed by atoms with E-state index in [0.717, 1.165) is 5.56 Å². The molecule has 0 aliphatic carbocycles. The molecule has 1 unspecified atom stereocenters. The highest BCUT2D eigenvalue weighted by atomic mass is 16.5. The van der Waals surface area contributed by atoms with Crippen LogP contribution in [0.2, 0.25) is 0 Å². The Morgan fingerprint density at radius 3 is 2.74 bits per heavy atom. The first-order valence-corrected chi connectivity index (χ1v) is 7.37. The number of hydrogen-bond acceptors (Lipinski definition) is 3. The van der Waals surface area contributed by atoms with Crippen LogP contribution in [0.5, 0.6) is 5.75 Å². The second-order valence-corrected chi connectivity index (χ2v) is 5.62. The Bertz CT molecular complexity index is 784. The summed E-state index contributed by atoms with van der Waals surface area (Å²) in [6.07, 6.45) is -0.596. The molecular weight excluding hydrogens is 294 g/mol. The zero-order valence-electron chi connectivity index (χ0n) is 12.9. The molecule has 5 nitrogen and oxygen atoms in total. The third-order valence-corrected chi connectivity index (χ3v) is 3.90. The number of aromatic carboxylic acids is 1. The van der Waals surface area contributed by atoms with Crippen molar-refractivity contribution >= 4 is 17.6 Å². The van der Waals surface area contributed by atoms with Gasteiger partial charge < -0.3 is 14.7 Å². The Hall–Kier alpha value is -2.82. The van der Waals surface area contributed by atoms with E-state index in [1.165, 1.54) is 0 Å². The van der Waals surface area contributed by atoms with E-state index < -0.39 is 12.1 Å². The van der Waals surface area contributed by atoms with Gasteiger partial charge in [-0.25, -0.2) is 4.79 Å². The maximum atomic E-state index is 12.5. The third-order valence-electron chi connectivity index (χ3n) is 3.90. The largest absolute Gasteiger partial charge is 0.479 e. The van der Waals surface area contributed by atoms with Gasteiger partial charge in [-0.05, 0) is 43.2 Å². The smallest absolute Gasteiger partial charge is 0.336 e. The number of carbonyl (C=O) groups is 2. The Morgan fingerprint density at radius 1 is 1.26 bits per heavy atom. The van der Waals surface area contributed by atoms with Crippen LogP contribution in [0.15, 0.2) is 42.5 Å². The van der Waals surface area contributed by atoms with E-state index in [9.17, 15) is 14.7 Å². The maximum absolute atomic E-state index is 12.5. The molecule has 1 aliphatic rings. The van der Waals surface area contributed by atoms with Crippen LogP contribution in [0.1, 0.15) is 28.4 Å². The molecular formula is C18H17NO4. The summed E-state index contributed by atoms with van der Waals surface area (Å²) in [7, 11) is 0. The monoisotopic (exact) mass is 311 g/mol. The van der Waals surface area contributed by atoms with E-state index in [-0.39, 0.29) is 18.0 Å². The first-order chi connectivity index (χ1) is 11.0. The second kappa shape index (κ2) is 5.76. The molecule has 0 aromatic heterocycles. The average Bonchev–Trinajstić information content (AvgIpc) is 2.52. The van der Waals surface area contributed by atoms with Gasteiger partial charge in [0.05, 0.1) is 17.8 Å². The van der Waals surface area contributed by atoms with Gasteiger partial charge in [0.1, 0.15) is 5.75 Å². The highest BCUT2D eigenvalue weighted by molar-refractivity contribution is 6.00. The summed E-state index contributed by atoms with van der Waals surface area (Å²) >= 11 is 0. The molecule has 1 heterocycles. The summed E-state index contributed by atoms with van der Waals surface area (Å²) in [5, 5.41) is 9.32. The van der Waals surface area contributed by atoms with Crippen LogP contribution in [0.25, 0.3) is 0 Å². The summed E-state index contributed by atoms with van der Waals surface area (Å²) in [5.41, 5.74) is 2.50. The number of aryl methyl sites for hydroxylation is 1. The number of anilines is 1. The number of nitrogens with zero attached hydrogens (tertiary/aromatic N) is 1. The van der Waals surface area contributed by atoms with Crippen LogP contribution < -0.4 is 9.64 Å². The van der Waals surface area contributed by atoms with Crippen LogP contribution in [-0.4, -0.2) is 23.1 Å². The standard InChI is InChI=1S/C18H17NO4/c1-11-7-8-15-16(9-11)23-12(2)17(20)19(15)10-13-5-3-4-6-14(13)18(21)22/h3-9,12H,10H2,1-2H3,(H,21,22). The molecule has 0 spiro atoms. The molecule has 3 rings (SSSR count). The molecule has 0 radical (unpaired) electrons. The van der Waals surface area contributed by atoms with Gasteiger partial charge in [-0.15, -0.1) is 0 Å². The normalized spacial score (nSPS) is 16.7. The molecule has 118 valence electrons. The molecule has 0 saturated carbocycles. The zero-order chi connectivity index (χ0) is 16.6. The topological polar surface area (TPSA) is 66.8 Å². The van der Waals surface area contributed by atoms with Crippen LogP contribution >= 0.6 is 0 Å². The van der Waals surface area contributed by atoms with Crippen molar-refractivity contribution < 1.29 is 19.4 Å². The van der Waals surface area contributed by atoms with Crippen LogP contribution in [0, 0.1) is 6.92 Å². The van der Waals surface area contributed by atoms with Crippen molar-refractivity contribution in [2.45, 2.75) is 26.5 Å². The molecule has 1 amide bonds. The number of amides is 1. The summed E-state index contributed by atoms with van der Waals surface area (Å²) in [5.74, 6) is -0.537. The molecule has 5 heteroatoms. The van der Waals surface area contributed by atoms with Crippen LogP contribution in [0.4, 0.5) is 5.69 Å². The van der Waals surface area contributed by atoms with E-state index in [1.54, 1.807) is 36.1 Å². The minimum Gasteiger partial charge on any atom is -0.479 e. The fourth-order valence-electron chi connectivity index (χ4n) is 2.72. The van der Waals surface area contributed by atoms with E-state index in [0.29, 0.717) is 17.0 Å². The Balaban J connectivity index is 2.03. The summed E-state index contributed by atoms with van der Waals surface area (Å²) in [4.78, 5) is 25.5. The average molecular weight is 311 g/mol. The van der Waals surface area contributed by atoms with E-state index in [4.69, 9.17) is 4.74 Å². The molecule has 1 atom stereocenters. The summed E-state index contributed by atoms with van der Waals surface area (Å²) in [6.45, 7) is 3.85. The number of benzene rings is 2. The summed E-state index contributed by atoms with van der Waals surface area (Å²) in [6, 6.07) is 12.3. The first-order valence-electron chi connectivity index (χ1n) is 7.37. The zero-order valence-corrected chi connectivity index (χ0v) is 12.9. The van der Waals surface area contributed by atoms with E-state index in [2.05, 4.69) is 0 Å². The Morgan fingerprint density at radius 2 is 2.00 bits per heavy atom. The minimum absolute atomic E-state index is 0.179. The number of carboxylic acids is 1. The van der Waals surface area contributed by atoms with Gasteiger partial charge in [0.25, 0.3) is 5.91 Å². The van der Waals surface area contributed by atoms with Crippen LogP contribution in [-0.2, 0) is 11.3 Å². The molecule has 1 N–H and O–H groups in total. The number of ether oxygens (including phenoxy) is 1. The van der Waals surface area contributed by atoms with E-state index >= 15 is 0 Å². The third kappa shape index (κ3) is 2.77. The Kier molecular flexibility index (Phi) is 3.78. The number of hydrogen-bond donors (Lipinski definition) is 1. The maximum Gasteiger partial charge on any atom is 0.336 e. The lowest BCUT2D eigenvalue weighted by Crippen LogP contribution is -2.44. The van der Waals surface area contributed by atoms with Crippen molar-refractivity contribution in [1.82, 2.24) is 0 Å². The second-order valence-electron chi connectivity index (χ2n) is 5.62. The quantitative estimate of drug-likeness (QED) is 0.946. The fraction of sp³-hybridized carbons (Fsp3) is 0.222. The first kappa shape index (κ1) is 15.1. The molecule has 1 aliphatic heterocycles. The predicted octanol–water partition coefficient (Wildman–Crippen LogP) is 3.01. The van der Waals surface area contributed by atoms with Crippen molar-refractivity contribution in [1.29, 1.82) is 0 Å². The van der Waals surface area contributed by atoms with Crippen molar-refractivity contribution in [2.75, 3.05) is 4.90 Å². The summed E-state index contributed by atoms with van der Waals surface area (Å²) < 4.78 is 5.66.